The lowest BCUT2D eigenvalue weighted by molar-refractivity contribution is 0.0490. The molecule has 2 N–H and O–H groups in total. The average molecular weight is 525 g/mol. The Kier molecular flexibility index (Phi) is 7.71. The van der Waals surface area contributed by atoms with Crippen LogP contribution < -0.4 is 10.6 Å². The van der Waals surface area contributed by atoms with Crippen LogP contribution in [-0.4, -0.2) is 76.7 Å². The highest BCUT2D eigenvalue weighted by atomic mass is 19.1. The molecule has 1 saturated heterocycles. The molecular weight excluding hydrogens is 490 g/mol. The minimum absolute atomic E-state index is 0.00548. The molecule has 3 aromatic rings. The molecule has 1 aliphatic heterocycles. The van der Waals surface area contributed by atoms with Gasteiger partial charge in [0.25, 0.3) is 5.91 Å². The van der Waals surface area contributed by atoms with E-state index in [0.29, 0.717) is 30.8 Å². The number of methoxy groups -OCH3 is 1. The number of anilines is 1. The van der Waals surface area contributed by atoms with Gasteiger partial charge in [0.05, 0.1) is 35.3 Å². The highest BCUT2D eigenvalue weighted by Crippen LogP contribution is 2.27. The van der Waals surface area contributed by atoms with Gasteiger partial charge in [-0.15, -0.1) is 0 Å². The Morgan fingerprint density at radius 2 is 2.00 bits per heavy atom. The smallest absolute Gasteiger partial charge is 0.254 e. The number of piperidine rings is 1. The highest BCUT2D eigenvalue weighted by molar-refractivity contribution is 5.95. The molecule has 10 heteroatoms. The summed E-state index contributed by atoms with van der Waals surface area (Å²) >= 11 is 0. The number of rotatable bonds is 9. The molecule has 1 amide bonds. The zero-order chi connectivity index (χ0) is 26.8. The maximum absolute atomic E-state index is 14.9. The summed E-state index contributed by atoms with van der Waals surface area (Å²) < 4.78 is 36.4. The van der Waals surface area contributed by atoms with Gasteiger partial charge >= 0.3 is 0 Å². The molecule has 1 aliphatic carbocycles. The van der Waals surface area contributed by atoms with E-state index in [4.69, 9.17) is 4.74 Å². The number of nitrogens with one attached hydrogen (secondary N) is 2. The summed E-state index contributed by atoms with van der Waals surface area (Å²) in [6.07, 6.45) is 8.52. The van der Waals surface area contributed by atoms with Gasteiger partial charge in [0.2, 0.25) is 0 Å². The fraction of sp³-hybridized carbons (Fsp3) is 0.464. The van der Waals surface area contributed by atoms with Crippen LogP contribution in [0.2, 0.25) is 0 Å². The Morgan fingerprint density at radius 3 is 2.74 bits per heavy atom. The van der Waals surface area contributed by atoms with Gasteiger partial charge in [-0.1, -0.05) is 0 Å². The summed E-state index contributed by atoms with van der Waals surface area (Å²) in [5.74, 6) is -0.961. The van der Waals surface area contributed by atoms with Gasteiger partial charge in [-0.2, -0.15) is 5.10 Å². The molecule has 0 bridgehead atoms. The number of carbonyl (C=O) groups is 1. The van der Waals surface area contributed by atoms with Crippen molar-refractivity contribution in [2.75, 3.05) is 32.1 Å². The van der Waals surface area contributed by atoms with Gasteiger partial charge in [-0.25, -0.2) is 13.5 Å². The van der Waals surface area contributed by atoms with Crippen molar-refractivity contribution in [3.63, 3.8) is 0 Å². The normalized spacial score (nSPS) is 20.8. The molecule has 3 heterocycles. The number of benzene rings is 1. The summed E-state index contributed by atoms with van der Waals surface area (Å²) in [5, 5.41) is 10.6. The molecule has 0 radical (unpaired) electrons. The zero-order valence-electron chi connectivity index (χ0n) is 22.0. The fourth-order valence-corrected chi connectivity index (χ4v) is 4.80. The number of halogens is 2. The summed E-state index contributed by atoms with van der Waals surface area (Å²) in [7, 11) is 1.67. The molecule has 3 atom stereocenters. The van der Waals surface area contributed by atoms with Crippen molar-refractivity contribution < 1.29 is 18.3 Å². The first-order valence-electron chi connectivity index (χ1n) is 13.1. The monoisotopic (exact) mass is 524 g/mol. The van der Waals surface area contributed by atoms with E-state index in [1.807, 2.05) is 19.2 Å². The summed E-state index contributed by atoms with van der Waals surface area (Å²) in [6, 6.07) is 4.66. The zero-order valence-corrected chi connectivity index (χ0v) is 22.0. The minimum Gasteiger partial charge on any atom is -0.380 e. The second-order valence-corrected chi connectivity index (χ2v) is 10.4. The third-order valence-corrected chi connectivity index (χ3v) is 7.24. The molecule has 5 rings (SSSR count). The summed E-state index contributed by atoms with van der Waals surface area (Å²) in [6.45, 7) is 5.64. The number of ether oxygens (including phenoxy) is 1. The molecular formula is C28H34F2N6O2. The van der Waals surface area contributed by atoms with Crippen LogP contribution >= 0.6 is 0 Å². The number of likely N-dealkylation sites (tertiary alicyclic amines) is 1. The first kappa shape index (κ1) is 26.2. The Morgan fingerprint density at radius 1 is 1.18 bits per heavy atom. The van der Waals surface area contributed by atoms with E-state index >= 15 is 0 Å². The maximum Gasteiger partial charge on any atom is 0.254 e. The topological polar surface area (TPSA) is 84.3 Å². The number of hydrogen-bond acceptors (Lipinski definition) is 6. The van der Waals surface area contributed by atoms with Crippen molar-refractivity contribution >= 4 is 11.6 Å². The number of hydrogen-bond donors (Lipinski definition) is 2. The lowest BCUT2D eigenvalue weighted by Gasteiger charge is -2.36. The van der Waals surface area contributed by atoms with E-state index in [0.717, 1.165) is 36.2 Å². The molecule has 202 valence electrons. The maximum atomic E-state index is 14.9. The van der Waals surface area contributed by atoms with Gasteiger partial charge in [0.1, 0.15) is 12.0 Å². The van der Waals surface area contributed by atoms with Crippen LogP contribution in [-0.2, 0) is 4.74 Å². The van der Waals surface area contributed by atoms with E-state index in [9.17, 15) is 13.6 Å². The predicted molar refractivity (Wildman–Crippen MR) is 142 cm³/mol. The Labute approximate surface area is 221 Å². The highest BCUT2D eigenvalue weighted by Gasteiger charge is 2.30. The quantitative estimate of drug-likeness (QED) is 0.438. The van der Waals surface area contributed by atoms with Crippen LogP contribution in [0.4, 0.5) is 14.5 Å². The Bertz CT molecular complexity index is 1290. The van der Waals surface area contributed by atoms with E-state index in [-0.39, 0.29) is 23.8 Å². The number of aryl methyl sites for hydroxylation is 1. The summed E-state index contributed by atoms with van der Waals surface area (Å²) in [4.78, 5) is 19.0. The number of carbonyl (C=O) groups excluding carboxylic acids is 1. The SMILES string of the molecule is CO[C@H](C)CN1CCC(Nc2cncc(-c3cnn(-c4cc(C(=O)NC5CC5)c(F)cc4C)c3)c2)[C@H](F)C1. The molecule has 1 unspecified atom stereocenters. The number of nitrogens with zero attached hydrogens (tertiary/aromatic N) is 4. The van der Waals surface area contributed by atoms with Crippen LogP contribution in [0.1, 0.15) is 42.1 Å². The molecule has 1 saturated carbocycles. The van der Waals surface area contributed by atoms with Gasteiger partial charge in [-0.3, -0.25) is 14.7 Å². The van der Waals surface area contributed by atoms with Crippen molar-refractivity contribution in [3.8, 4) is 16.8 Å². The van der Waals surface area contributed by atoms with E-state index in [2.05, 4.69) is 25.6 Å². The molecule has 8 nitrogen and oxygen atoms in total. The van der Waals surface area contributed by atoms with Crippen LogP contribution in [0.25, 0.3) is 16.8 Å². The van der Waals surface area contributed by atoms with Crippen LogP contribution in [0.15, 0.2) is 43.0 Å². The van der Waals surface area contributed by atoms with Crippen molar-refractivity contribution in [1.29, 1.82) is 0 Å². The second kappa shape index (κ2) is 11.2. The minimum atomic E-state index is -1.01. The standard InChI is InChI=1S/C28H34F2N6O2/c1-17-8-24(29)23(28(37)34-21-4-5-21)10-27(17)36-15-20(12-32-36)19-9-22(13-31-11-19)33-26-6-7-35(16-25(26)30)14-18(2)38-3/h8-13,15,18,21,25-26,33H,4-7,14,16H2,1-3H3,(H,34,37)/t18-,25-,26?/m1/s1. The predicted octanol–water partition coefficient (Wildman–Crippen LogP) is 4.13. The number of alkyl halides is 1. The Balaban J connectivity index is 1.29. The average Bonchev–Trinajstić information content (AvgIpc) is 3.57. The van der Waals surface area contributed by atoms with E-state index in [1.54, 1.807) is 37.3 Å². The molecule has 2 aromatic heterocycles. The first-order valence-corrected chi connectivity index (χ1v) is 13.1. The van der Waals surface area contributed by atoms with Gasteiger partial charge < -0.3 is 15.4 Å². The van der Waals surface area contributed by atoms with E-state index < -0.39 is 17.9 Å². The number of aromatic nitrogens is 3. The Hall–Kier alpha value is -3.37. The molecule has 38 heavy (non-hydrogen) atoms. The molecule has 2 fully saturated rings. The molecule has 1 aromatic carbocycles. The van der Waals surface area contributed by atoms with Crippen molar-refractivity contribution in [1.82, 2.24) is 25.0 Å². The first-order chi connectivity index (χ1) is 18.3. The number of amides is 1. The van der Waals surface area contributed by atoms with Crippen molar-refractivity contribution in [2.24, 2.45) is 0 Å². The van der Waals surface area contributed by atoms with Crippen LogP contribution in [0.3, 0.4) is 0 Å². The van der Waals surface area contributed by atoms with Crippen molar-refractivity contribution in [2.45, 2.75) is 57.5 Å². The van der Waals surface area contributed by atoms with Gasteiger partial charge in [-0.05, 0) is 56.9 Å². The van der Waals surface area contributed by atoms with Crippen LogP contribution in [0.5, 0.6) is 0 Å². The van der Waals surface area contributed by atoms with Crippen LogP contribution in [0, 0.1) is 12.7 Å². The lowest BCUT2D eigenvalue weighted by Crippen LogP contribution is -2.49. The second-order valence-electron chi connectivity index (χ2n) is 10.4. The third-order valence-electron chi connectivity index (χ3n) is 7.24. The fourth-order valence-electron chi connectivity index (χ4n) is 4.80. The molecule has 2 aliphatic rings. The van der Waals surface area contributed by atoms with Crippen molar-refractivity contribution in [3.05, 3.63) is 59.9 Å². The largest absolute Gasteiger partial charge is 0.380 e. The van der Waals surface area contributed by atoms with E-state index in [1.165, 1.54) is 12.1 Å². The lowest BCUT2D eigenvalue weighted by atomic mass is 10.0. The van der Waals surface area contributed by atoms with Gasteiger partial charge in [0.15, 0.2) is 0 Å². The number of pyridine rings is 1. The van der Waals surface area contributed by atoms with Gasteiger partial charge in [0, 0.05) is 62.5 Å². The summed E-state index contributed by atoms with van der Waals surface area (Å²) in [5.41, 5.74) is 3.64. The third kappa shape index (κ3) is 6.02. The molecule has 0 spiro atoms.